The van der Waals surface area contributed by atoms with Crippen LogP contribution in [0.5, 0.6) is 0 Å². The van der Waals surface area contributed by atoms with Gasteiger partial charge in [0.25, 0.3) is 0 Å². The molecule has 1 unspecified atom stereocenters. The maximum absolute atomic E-state index is 6.19. The fourth-order valence-corrected chi connectivity index (χ4v) is 3.20. The van der Waals surface area contributed by atoms with E-state index in [1.807, 2.05) is 23.6 Å². The van der Waals surface area contributed by atoms with Crippen LogP contribution in [0.15, 0.2) is 33.4 Å². The highest BCUT2D eigenvalue weighted by Gasteiger charge is 2.18. The molecule has 2 nitrogen and oxygen atoms in total. The van der Waals surface area contributed by atoms with E-state index in [9.17, 15) is 0 Å². The van der Waals surface area contributed by atoms with Crippen molar-refractivity contribution in [1.82, 2.24) is 5.43 Å². The Morgan fingerprint density at radius 3 is 2.71 bits per heavy atom. The van der Waals surface area contributed by atoms with Crippen molar-refractivity contribution in [3.05, 3.63) is 54.6 Å². The van der Waals surface area contributed by atoms with Crippen LogP contribution in [0.1, 0.15) is 17.2 Å². The van der Waals surface area contributed by atoms with Gasteiger partial charge in [-0.25, -0.2) is 5.43 Å². The summed E-state index contributed by atoms with van der Waals surface area (Å²) in [7, 11) is 0. The molecule has 90 valence electrons. The number of hydrogen-bond acceptors (Lipinski definition) is 3. The Bertz CT molecular complexity index is 530. The molecule has 0 aliphatic rings. The molecule has 1 aromatic carbocycles. The highest BCUT2D eigenvalue weighted by molar-refractivity contribution is 9.11. The van der Waals surface area contributed by atoms with Crippen molar-refractivity contribution in [1.29, 1.82) is 0 Å². The molecule has 1 atom stereocenters. The lowest BCUT2D eigenvalue weighted by molar-refractivity contribution is 0.639. The number of hydrogen-bond donors (Lipinski definition) is 2. The van der Waals surface area contributed by atoms with E-state index in [0.29, 0.717) is 10.0 Å². The van der Waals surface area contributed by atoms with E-state index >= 15 is 0 Å². The van der Waals surface area contributed by atoms with Crippen LogP contribution in [-0.4, -0.2) is 0 Å². The molecule has 1 heterocycles. The van der Waals surface area contributed by atoms with Crippen molar-refractivity contribution in [2.24, 2.45) is 5.84 Å². The molecule has 0 saturated heterocycles. The lowest BCUT2D eigenvalue weighted by Gasteiger charge is -2.17. The van der Waals surface area contributed by atoms with Crippen molar-refractivity contribution in [2.45, 2.75) is 6.04 Å². The third kappa shape index (κ3) is 2.84. The number of rotatable bonds is 3. The topological polar surface area (TPSA) is 38.0 Å². The smallest absolute Gasteiger partial charge is 0.0733 e. The summed E-state index contributed by atoms with van der Waals surface area (Å²) in [4.78, 5) is 0. The van der Waals surface area contributed by atoms with Crippen molar-refractivity contribution in [3.63, 3.8) is 0 Å². The van der Waals surface area contributed by atoms with Crippen LogP contribution in [0.4, 0.5) is 0 Å². The summed E-state index contributed by atoms with van der Waals surface area (Å²) in [5.41, 5.74) is 4.68. The normalized spacial score (nSPS) is 12.7. The van der Waals surface area contributed by atoms with Gasteiger partial charge in [0.2, 0.25) is 0 Å². The molecule has 0 aliphatic carbocycles. The SMILES string of the molecule is NNC(c1csc(Br)c1)c1cccc(Cl)c1Cl. The summed E-state index contributed by atoms with van der Waals surface area (Å²) in [6.07, 6.45) is 0. The largest absolute Gasteiger partial charge is 0.271 e. The Balaban J connectivity index is 2.45. The van der Waals surface area contributed by atoms with Crippen LogP contribution in [0, 0.1) is 0 Å². The van der Waals surface area contributed by atoms with Crippen molar-refractivity contribution in [3.8, 4) is 0 Å². The second-order valence-corrected chi connectivity index (χ2v) is 6.50. The van der Waals surface area contributed by atoms with Gasteiger partial charge in [0.15, 0.2) is 0 Å². The number of benzene rings is 1. The monoisotopic (exact) mass is 350 g/mol. The van der Waals surface area contributed by atoms with E-state index in [2.05, 4.69) is 21.4 Å². The Morgan fingerprint density at radius 1 is 1.35 bits per heavy atom. The van der Waals surface area contributed by atoms with Gasteiger partial charge in [0.1, 0.15) is 0 Å². The third-order valence-electron chi connectivity index (χ3n) is 2.38. The summed E-state index contributed by atoms with van der Waals surface area (Å²) in [5.74, 6) is 5.60. The van der Waals surface area contributed by atoms with Gasteiger partial charge >= 0.3 is 0 Å². The molecule has 0 spiro atoms. The second-order valence-electron chi connectivity index (χ2n) is 3.43. The predicted molar refractivity (Wildman–Crippen MR) is 77.6 cm³/mol. The van der Waals surface area contributed by atoms with Gasteiger partial charge in [-0.3, -0.25) is 5.84 Å². The Morgan fingerprint density at radius 2 is 2.12 bits per heavy atom. The first-order chi connectivity index (χ1) is 8.13. The van der Waals surface area contributed by atoms with Crippen molar-refractivity contribution < 1.29 is 0 Å². The standard InChI is InChI=1S/C11H9BrCl2N2S/c12-9-4-6(5-17-9)11(16-15)7-2-1-3-8(13)10(7)14/h1-5,11,16H,15H2. The maximum atomic E-state index is 6.19. The third-order valence-corrected chi connectivity index (χ3v) is 4.74. The van der Waals surface area contributed by atoms with Crippen LogP contribution < -0.4 is 11.3 Å². The minimum absolute atomic E-state index is 0.163. The van der Waals surface area contributed by atoms with E-state index in [1.165, 1.54) is 0 Å². The first-order valence-electron chi connectivity index (χ1n) is 4.77. The van der Waals surface area contributed by atoms with Crippen LogP contribution >= 0.6 is 50.5 Å². The molecule has 0 amide bonds. The summed E-state index contributed by atoms with van der Waals surface area (Å²) in [6.45, 7) is 0. The fraction of sp³-hybridized carbons (Fsp3) is 0.0909. The number of halogens is 3. The lowest BCUT2D eigenvalue weighted by Crippen LogP contribution is -2.28. The molecule has 1 aromatic heterocycles. The van der Waals surface area contributed by atoms with Crippen LogP contribution in [0.25, 0.3) is 0 Å². The van der Waals surface area contributed by atoms with Gasteiger partial charge < -0.3 is 0 Å². The summed E-state index contributed by atoms with van der Waals surface area (Å²) in [5, 5.41) is 3.07. The number of thiophene rings is 1. The molecule has 0 fully saturated rings. The van der Waals surface area contributed by atoms with E-state index < -0.39 is 0 Å². The summed E-state index contributed by atoms with van der Waals surface area (Å²) >= 11 is 17.2. The van der Waals surface area contributed by atoms with Crippen molar-refractivity contribution >= 4 is 50.5 Å². The number of nitrogens with one attached hydrogen (secondary N) is 1. The van der Waals surface area contributed by atoms with Crippen LogP contribution in [-0.2, 0) is 0 Å². The lowest BCUT2D eigenvalue weighted by atomic mass is 10.0. The number of hydrazine groups is 1. The van der Waals surface area contributed by atoms with Gasteiger partial charge in [0, 0.05) is 0 Å². The molecule has 6 heteroatoms. The molecule has 0 aliphatic heterocycles. The highest BCUT2D eigenvalue weighted by Crippen LogP contribution is 2.35. The molecular formula is C11H9BrCl2N2S. The Kier molecular flexibility index (Phi) is 4.47. The maximum Gasteiger partial charge on any atom is 0.0733 e. The van der Waals surface area contributed by atoms with E-state index in [1.54, 1.807) is 17.4 Å². The van der Waals surface area contributed by atoms with Crippen LogP contribution in [0.2, 0.25) is 10.0 Å². The molecule has 0 radical (unpaired) electrons. The van der Waals surface area contributed by atoms with Gasteiger partial charge in [-0.15, -0.1) is 11.3 Å². The first kappa shape index (κ1) is 13.3. The van der Waals surface area contributed by atoms with Gasteiger partial charge in [0.05, 0.1) is 19.9 Å². The first-order valence-corrected chi connectivity index (χ1v) is 7.20. The molecule has 0 saturated carbocycles. The molecule has 2 rings (SSSR count). The van der Waals surface area contributed by atoms with Crippen LogP contribution in [0.3, 0.4) is 0 Å². The van der Waals surface area contributed by atoms with Gasteiger partial charge in [-0.05, 0) is 44.6 Å². The zero-order valence-electron chi connectivity index (χ0n) is 8.58. The minimum Gasteiger partial charge on any atom is -0.271 e. The van der Waals surface area contributed by atoms with E-state index in [4.69, 9.17) is 29.0 Å². The average molecular weight is 352 g/mol. The molecule has 17 heavy (non-hydrogen) atoms. The zero-order valence-corrected chi connectivity index (χ0v) is 12.5. The van der Waals surface area contributed by atoms with Gasteiger partial charge in [-0.2, -0.15) is 0 Å². The molecule has 3 N–H and O–H groups in total. The molecule has 2 aromatic rings. The summed E-state index contributed by atoms with van der Waals surface area (Å²) < 4.78 is 1.05. The zero-order chi connectivity index (χ0) is 12.4. The second kappa shape index (κ2) is 5.69. The number of nitrogens with two attached hydrogens (primary N) is 1. The summed E-state index contributed by atoms with van der Waals surface area (Å²) in [6, 6.07) is 7.36. The van der Waals surface area contributed by atoms with E-state index in [0.717, 1.165) is 14.9 Å². The Hall–Kier alpha value is -0.100. The van der Waals surface area contributed by atoms with Gasteiger partial charge in [-0.1, -0.05) is 35.3 Å². The Labute approximate surface area is 122 Å². The fourth-order valence-electron chi connectivity index (χ4n) is 1.58. The van der Waals surface area contributed by atoms with Crippen molar-refractivity contribution in [2.75, 3.05) is 0 Å². The average Bonchev–Trinajstić information content (AvgIpc) is 2.72. The predicted octanol–water partition coefficient (Wildman–Crippen LogP) is 4.37. The molecule has 0 bridgehead atoms. The van der Waals surface area contributed by atoms with E-state index in [-0.39, 0.29) is 6.04 Å². The molecular weight excluding hydrogens is 343 g/mol. The quantitative estimate of drug-likeness (QED) is 0.636. The highest BCUT2D eigenvalue weighted by atomic mass is 79.9. The minimum atomic E-state index is -0.163.